The molecule has 0 aliphatic carbocycles. The second-order valence-electron chi connectivity index (χ2n) is 17.2. The van der Waals surface area contributed by atoms with Crippen molar-refractivity contribution in [2.75, 3.05) is 13.2 Å². The molecule has 0 aliphatic rings. The van der Waals surface area contributed by atoms with Crippen LogP contribution in [0.2, 0.25) is 0 Å². The summed E-state index contributed by atoms with van der Waals surface area (Å²) in [5.41, 5.74) is 0. The van der Waals surface area contributed by atoms with Crippen LogP contribution in [0.4, 0.5) is 0 Å². The standard InChI is InChI=1S/C49H94O6/c1-5-7-9-11-13-14-15-16-17-18-19-20-21-22-23-24-29-32-36-40-47(50)53-43-46(55-49(52)42-38-34-27-12-10-8-6-2)44-54-48(51)41-37-33-30-26-25-28-31-35-39-45(3)4/h45-46H,5-44H2,1-4H3/t46-/m0/s1. The normalized spacial score (nSPS) is 11.9. The predicted octanol–water partition coefficient (Wildman–Crippen LogP) is 15.5. The summed E-state index contributed by atoms with van der Waals surface area (Å²) in [7, 11) is 0. The van der Waals surface area contributed by atoms with Gasteiger partial charge < -0.3 is 14.2 Å². The number of carbonyl (C=O) groups excluding carboxylic acids is 3. The first-order valence-corrected chi connectivity index (χ1v) is 24.4. The molecular formula is C49H94O6. The average molecular weight is 779 g/mol. The lowest BCUT2D eigenvalue weighted by Crippen LogP contribution is -2.30. The lowest BCUT2D eigenvalue weighted by Gasteiger charge is -2.18. The van der Waals surface area contributed by atoms with E-state index in [2.05, 4.69) is 27.7 Å². The number of rotatable bonds is 44. The smallest absolute Gasteiger partial charge is 0.306 e. The van der Waals surface area contributed by atoms with Crippen LogP contribution in [0.3, 0.4) is 0 Å². The maximum Gasteiger partial charge on any atom is 0.306 e. The van der Waals surface area contributed by atoms with Gasteiger partial charge in [0.05, 0.1) is 0 Å². The Kier molecular flexibility index (Phi) is 42.3. The fraction of sp³-hybridized carbons (Fsp3) is 0.939. The fourth-order valence-electron chi connectivity index (χ4n) is 7.33. The van der Waals surface area contributed by atoms with Crippen molar-refractivity contribution in [3.63, 3.8) is 0 Å². The van der Waals surface area contributed by atoms with Crippen LogP contribution in [0, 0.1) is 5.92 Å². The Hall–Kier alpha value is -1.59. The van der Waals surface area contributed by atoms with Gasteiger partial charge in [-0.3, -0.25) is 14.4 Å². The quantitative estimate of drug-likeness (QED) is 0.0348. The lowest BCUT2D eigenvalue weighted by molar-refractivity contribution is -0.167. The van der Waals surface area contributed by atoms with Gasteiger partial charge >= 0.3 is 17.9 Å². The van der Waals surface area contributed by atoms with E-state index in [9.17, 15) is 14.4 Å². The summed E-state index contributed by atoms with van der Waals surface area (Å²) in [6.07, 6.45) is 44.0. The molecule has 0 bridgehead atoms. The van der Waals surface area contributed by atoms with E-state index < -0.39 is 6.10 Å². The monoisotopic (exact) mass is 779 g/mol. The van der Waals surface area contributed by atoms with E-state index in [1.807, 2.05) is 0 Å². The molecule has 6 nitrogen and oxygen atoms in total. The number of hydrogen-bond donors (Lipinski definition) is 0. The van der Waals surface area contributed by atoms with Crippen LogP contribution < -0.4 is 0 Å². The molecule has 0 amide bonds. The molecular weight excluding hydrogens is 685 g/mol. The first-order chi connectivity index (χ1) is 26.9. The largest absolute Gasteiger partial charge is 0.462 e. The van der Waals surface area contributed by atoms with E-state index in [1.54, 1.807) is 0 Å². The predicted molar refractivity (Wildman–Crippen MR) is 233 cm³/mol. The Labute approximate surface area is 342 Å². The van der Waals surface area contributed by atoms with E-state index in [-0.39, 0.29) is 31.1 Å². The second-order valence-corrected chi connectivity index (χ2v) is 17.2. The molecule has 326 valence electrons. The SMILES string of the molecule is CCCCCCCCCCCCCCCCCCCCCC(=O)OC[C@@H](COC(=O)CCCCCCCCCCC(C)C)OC(=O)CCCCCCCCC. The fourth-order valence-corrected chi connectivity index (χ4v) is 7.33. The zero-order valence-corrected chi connectivity index (χ0v) is 37.4. The van der Waals surface area contributed by atoms with E-state index in [0.29, 0.717) is 19.3 Å². The van der Waals surface area contributed by atoms with Gasteiger partial charge in [0.1, 0.15) is 13.2 Å². The molecule has 0 radical (unpaired) electrons. The Morgan fingerprint density at radius 1 is 0.345 bits per heavy atom. The van der Waals surface area contributed by atoms with Crippen molar-refractivity contribution >= 4 is 17.9 Å². The third-order valence-electron chi connectivity index (χ3n) is 11.0. The highest BCUT2D eigenvalue weighted by Crippen LogP contribution is 2.17. The summed E-state index contributed by atoms with van der Waals surface area (Å²) in [4.78, 5) is 37.6. The summed E-state index contributed by atoms with van der Waals surface area (Å²) < 4.78 is 16.7. The van der Waals surface area contributed by atoms with E-state index in [0.717, 1.165) is 63.7 Å². The number of esters is 3. The van der Waals surface area contributed by atoms with Crippen molar-refractivity contribution in [3.8, 4) is 0 Å². The number of ether oxygens (including phenoxy) is 3. The first kappa shape index (κ1) is 53.4. The van der Waals surface area contributed by atoms with Crippen molar-refractivity contribution in [1.29, 1.82) is 0 Å². The second kappa shape index (κ2) is 43.5. The molecule has 1 atom stereocenters. The number of unbranched alkanes of at least 4 members (excludes halogenated alkanes) is 31. The molecule has 0 fully saturated rings. The van der Waals surface area contributed by atoms with Gasteiger partial charge in [0.25, 0.3) is 0 Å². The van der Waals surface area contributed by atoms with Crippen molar-refractivity contribution in [2.45, 2.75) is 278 Å². The van der Waals surface area contributed by atoms with Crippen LogP contribution in [-0.2, 0) is 28.6 Å². The molecule has 0 aromatic carbocycles. The van der Waals surface area contributed by atoms with Gasteiger partial charge in [0.2, 0.25) is 0 Å². The minimum atomic E-state index is -0.759. The van der Waals surface area contributed by atoms with Gasteiger partial charge in [-0.2, -0.15) is 0 Å². The molecule has 0 aromatic rings. The Morgan fingerprint density at radius 2 is 0.600 bits per heavy atom. The molecule has 0 aromatic heterocycles. The minimum absolute atomic E-state index is 0.0643. The van der Waals surface area contributed by atoms with Crippen LogP contribution in [0.15, 0.2) is 0 Å². The Morgan fingerprint density at radius 3 is 0.891 bits per heavy atom. The summed E-state index contributed by atoms with van der Waals surface area (Å²) in [6, 6.07) is 0. The molecule has 6 heteroatoms. The van der Waals surface area contributed by atoms with Crippen molar-refractivity contribution in [3.05, 3.63) is 0 Å². The topological polar surface area (TPSA) is 78.9 Å². The summed E-state index contributed by atoms with van der Waals surface area (Å²) in [5, 5.41) is 0. The average Bonchev–Trinajstić information content (AvgIpc) is 3.17. The number of hydrogen-bond acceptors (Lipinski definition) is 6. The molecule has 0 unspecified atom stereocenters. The van der Waals surface area contributed by atoms with Crippen LogP contribution in [0.1, 0.15) is 272 Å². The lowest BCUT2D eigenvalue weighted by atomic mass is 10.0. The van der Waals surface area contributed by atoms with E-state index in [1.165, 1.54) is 167 Å². The summed E-state index contributed by atoms with van der Waals surface area (Å²) in [6.45, 7) is 8.94. The van der Waals surface area contributed by atoms with Gasteiger partial charge in [0.15, 0.2) is 6.10 Å². The third-order valence-corrected chi connectivity index (χ3v) is 11.0. The minimum Gasteiger partial charge on any atom is -0.462 e. The summed E-state index contributed by atoms with van der Waals surface area (Å²) >= 11 is 0. The van der Waals surface area contributed by atoms with E-state index >= 15 is 0 Å². The van der Waals surface area contributed by atoms with Crippen LogP contribution in [0.5, 0.6) is 0 Å². The highest BCUT2D eigenvalue weighted by atomic mass is 16.6. The molecule has 0 rings (SSSR count). The van der Waals surface area contributed by atoms with Gasteiger partial charge in [-0.1, -0.05) is 233 Å². The maximum absolute atomic E-state index is 12.6. The molecule has 55 heavy (non-hydrogen) atoms. The van der Waals surface area contributed by atoms with Gasteiger partial charge in [-0.25, -0.2) is 0 Å². The molecule has 0 spiro atoms. The highest BCUT2D eigenvalue weighted by Gasteiger charge is 2.19. The molecule has 0 heterocycles. The van der Waals surface area contributed by atoms with Gasteiger partial charge in [0, 0.05) is 19.3 Å². The Balaban J connectivity index is 4.13. The highest BCUT2D eigenvalue weighted by molar-refractivity contribution is 5.71. The summed E-state index contributed by atoms with van der Waals surface area (Å²) in [5.74, 6) is -0.0626. The van der Waals surface area contributed by atoms with Gasteiger partial charge in [-0.05, 0) is 25.2 Å². The first-order valence-electron chi connectivity index (χ1n) is 24.4. The zero-order chi connectivity index (χ0) is 40.3. The van der Waals surface area contributed by atoms with Gasteiger partial charge in [-0.15, -0.1) is 0 Å². The van der Waals surface area contributed by atoms with Crippen molar-refractivity contribution in [2.24, 2.45) is 5.92 Å². The number of carbonyl (C=O) groups is 3. The third kappa shape index (κ3) is 43.4. The zero-order valence-electron chi connectivity index (χ0n) is 37.4. The van der Waals surface area contributed by atoms with Crippen LogP contribution in [0.25, 0.3) is 0 Å². The van der Waals surface area contributed by atoms with E-state index in [4.69, 9.17) is 14.2 Å². The maximum atomic E-state index is 12.6. The molecule has 0 saturated carbocycles. The molecule has 0 saturated heterocycles. The Bertz CT molecular complexity index is 826. The van der Waals surface area contributed by atoms with Crippen molar-refractivity contribution < 1.29 is 28.6 Å². The molecule has 0 aliphatic heterocycles. The van der Waals surface area contributed by atoms with Crippen LogP contribution >= 0.6 is 0 Å². The molecule has 0 N–H and O–H groups in total. The van der Waals surface area contributed by atoms with Crippen LogP contribution in [-0.4, -0.2) is 37.2 Å². The van der Waals surface area contributed by atoms with Crippen molar-refractivity contribution in [1.82, 2.24) is 0 Å².